The lowest BCUT2D eigenvalue weighted by Crippen LogP contribution is -2.42. The van der Waals surface area contributed by atoms with Gasteiger partial charge in [-0.1, -0.05) is 50.6 Å². The molecule has 0 saturated heterocycles. The second-order valence-electron chi connectivity index (χ2n) is 10.5. The highest BCUT2D eigenvalue weighted by Crippen LogP contribution is 2.48. The van der Waals surface area contributed by atoms with E-state index in [1.54, 1.807) is 35.7 Å². The average Bonchev–Trinajstić information content (AvgIpc) is 3.20. The minimum Gasteiger partial charge on any atom is -0.385 e. The number of carbonyl (C=O) groups excluding carboxylic acids is 2. The topological polar surface area (TPSA) is 76.5 Å². The maximum atomic E-state index is 13.8. The van der Waals surface area contributed by atoms with Gasteiger partial charge in [0.1, 0.15) is 18.2 Å². The van der Waals surface area contributed by atoms with Gasteiger partial charge < -0.3 is 10.1 Å². The summed E-state index contributed by atoms with van der Waals surface area (Å²) in [4.78, 5) is 28.2. The van der Waals surface area contributed by atoms with Crippen LogP contribution in [-0.2, 0) is 19.7 Å². The van der Waals surface area contributed by atoms with Gasteiger partial charge in [-0.25, -0.2) is 9.07 Å². The Balaban J connectivity index is 1.90. The number of halogens is 1. The van der Waals surface area contributed by atoms with Crippen LogP contribution in [0.1, 0.15) is 54.8 Å². The van der Waals surface area contributed by atoms with Crippen LogP contribution in [0.25, 0.3) is 5.69 Å². The summed E-state index contributed by atoms with van der Waals surface area (Å²) in [7, 11) is 1.62. The smallest absolute Gasteiger partial charge is 0.240 e. The Morgan fingerprint density at radius 3 is 2.61 bits per heavy atom. The van der Waals surface area contributed by atoms with Gasteiger partial charge in [0.25, 0.3) is 0 Å². The Bertz CT molecular complexity index is 1300. The number of nitrogens with zero attached hydrogens (tertiary/aromatic N) is 3. The summed E-state index contributed by atoms with van der Waals surface area (Å²) in [6, 6.07) is 14.3. The van der Waals surface area contributed by atoms with Gasteiger partial charge in [0, 0.05) is 31.2 Å². The molecule has 0 aliphatic carbocycles. The zero-order valence-corrected chi connectivity index (χ0v) is 23.4. The molecule has 2 amide bonds. The van der Waals surface area contributed by atoms with Crippen LogP contribution in [0.2, 0.25) is 0 Å². The molecule has 0 bridgehead atoms. The molecule has 1 atom stereocenters. The first kappa shape index (κ1) is 27.9. The van der Waals surface area contributed by atoms with Crippen molar-refractivity contribution in [2.75, 3.05) is 37.5 Å². The number of carbonyl (C=O) groups is 2. The molecule has 38 heavy (non-hydrogen) atoms. The third-order valence-corrected chi connectivity index (χ3v) is 7.62. The summed E-state index contributed by atoms with van der Waals surface area (Å²) in [5.41, 5.74) is 4.17. The molecule has 1 N–H and O–H groups in total. The zero-order chi connectivity index (χ0) is 27.4. The molecule has 2 aromatic carbocycles. The van der Waals surface area contributed by atoms with Crippen molar-refractivity contribution in [3.05, 3.63) is 76.7 Å². The van der Waals surface area contributed by atoms with Crippen LogP contribution >= 0.6 is 11.8 Å². The molecule has 0 radical (unpaired) electrons. The SMILES string of the molecule is COCCCNC(=O)CN1C(=O)CS[C@@H](c2cccc(C)c2)c2c(C(C)(C)C)nn(-c3ccc(F)cc3)c21. The zero-order valence-electron chi connectivity index (χ0n) is 22.6. The molecule has 0 spiro atoms. The third kappa shape index (κ3) is 6.10. The van der Waals surface area contributed by atoms with Crippen LogP contribution in [0.15, 0.2) is 48.5 Å². The van der Waals surface area contributed by atoms with E-state index in [9.17, 15) is 14.0 Å². The monoisotopic (exact) mass is 538 g/mol. The predicted octanol–water partition coefficient (Wildman–Crippen LogP) is 4.94. The number of hydrogen-bond acceptors (Lipinski definition) is 5. The van der Waals surface area contributed by atoms with Crippen molar-refractivity contribution in [2.45, 2.75) is 44.8 Å². The van der Waals surface area contributed by atoms with E-state index < -0.39 is 0 Å². The van der Waals surface area contributed by atoms with Gasteiger partial charge in [0.05, 0.1) is 22.4 Å². The van der Waals surface area contributed by atoms with E-state index in [0.717, 1.165) is 22.4 Å². The molecule has 3 aromatic rings. The van der Waals surface area contributed by atoms with Crippen molar-refractivity contribution in [1.29, 1.82) is 0 Å². The molecule has 4 rings (SSSR count). The van der Waals surface area contributed by atoms with Gasteiger partial charge in [-0.05, 0) is 43.2 Å². The molecule has 1 aromatic heterocycles. The lowest BCUT2D eigenvalue weighted by atomic mass is 9.87. The normalized spacial score (nSPS) is 15.8. The van der Waals surface area contributed by atoms with Crippen molar-refractivity contribution in [1.82, 2.24) is 15.1 Å². The van der Waals surface area contributed by atoms with Gasteiger partial charge in [0.2, 0.25) is 11.8 Å². The van der Waals surface area contributed by atoms with Crippen LogP contribution in [0.3, 0.4) is 0 Å². The standard InChI is InChI=1S/C29H35FN4O3S/c1-19-8-6-9-20(16-19)26-25-27(29(2,3)4)32-34(22-12-10-21(30)11-13-22)28(25)33(24(36)18-38-26)17-23(35)31-14-7-15-37-5/h6,8-13,16,26H,7,14-15,17-18H2,1-5H3,(H,31,35)/t26-/m0/s1. The van der Waals surface area contributed by atoms with Gasteiger partial charge in [-0.2, -0.15) is 5.10 Å². The summed E-state index contributed by atoms with van der Waals surface area (Å²) < 4.78 is 20.6. The predicted molar refractivity (Wildman–Crippen MR) is 150 cm³/mol. The van der Waals surface area contributed by atoms with Crippen LogP contribution < -0.4 is 10.2 Å². The van der Waals surface area contributed by atoms with Crippen molar-refractivity contribution >= 4 is 29.4 Å². The number of rotatable bonds is 8. The molecule has 1 aliphatic heterocycles. The van der Waals surface area contributed by atoms with E-state index in [1.165, 1.54) is 17.0 Å². The maximum absolute atomic E-state index is 13.8. The summed E-state index contributed by atoms with van der Waals surface area (Å²) in [6.45, 7) is 9.15. The van der Waals surface area contributed by atoms with E-state index >= 15 is 0 Å². The molecule has 0 unspecified atom stereocenters. The minimum absolute atomic E-state index is 0.142. The molecular weight excluding hydrogens is 503 g/mol. The fourth-order valence-corrected chi connectivity index (χ4v) is 5.76. The minimum atomic E-state index is -0.362. The van der Waals surface area contributed by atoms with Crippen LogP contribution in [0.4, 0.5) is 10.2 Å². The summed E-state index contributed by atoms with van der Waals surface area (Å²) in [6.07, 6.45) is 0.675. The average molecular weight is 539 g/mol. The first-order valence-electron chi connectivity index (χ1n) is 12.7. The number of amides is 2. The fraction of sp³-hybridized carbons (Fsp3) is 0.414. The Morgan fingerprint density at radius 2 is 1.95 bits per heavy atom. The van der Waals surface area contributed by atoms with Gasteiger partial charge in [-0.15, -0.1) is 11.8 Å². The number of aromatic nitrogens is 2. The van der Waals surface area contributed by atoms with E-state index in [-0.39, 0.29) is 40.6 Å². The summed E-state index contributed by atoms with van der Waals surface area (Å²) >= 11 is 1.54. The number of ether oxygens (including phenoxy) is 1. The lowest BCUT2D eigenvalue weighted by Gasteiger charge is -2.24. The van der Waals surface area contributed by atoms with Gasteiger partial charge in [-0.3, -0.25) is 14.5 Å². The second kappa shape index (κ2) is 11.7. The maximum Gasteiger partial charge on any atom is 0.240 e. The van der Waals surface area contributed by atoms with Crippen molar-refractivity contribution < 1.29 is 18.7 Å². The Kier molecular flexibility index (Phi) is 8.57. The molecule has 0 saturated carbocycles. The number of thioether (sulfide) groups is 1. The van der Waals surface area contributed by atoms with E-state index in [4.69, 9.17) is 9.84 Å². The quantitative estimate of drug-likeness (QED) is 0.411. The number of fused-ring (bicyclic) bond motifs is 1. The largest absolute Gasteiger partial charge is 0.385 e. The Labute approximate surface area is 227 Å². The van der Waals surface area contributed by atoms with Crippen LogP contribution in [0, 0.1) is 12.7 Å². The van der Waals surface area contributed by atoms with Crippen molar-refractivity contribution in [3.8, 4) is 5.69 Å². The number of nitrogens with one attached hydrogen (secondary N) is 1. The van der Waals surface area contributed by atoms with Crippen molar-refractivity contribution in [2.24, 2.45) is 0 Å². The summed E-state index contributed by atoms with van der Waals surface area (Å²) in [5.74, 6) is -0.0440. The number of anilines is 1. The highest BCUT2D eigenvalue weighted by Gasteiger charge is 2.39. The third-order valence-electron chi connectivity index (χ3n) is 6.36. The summed E-state index contributed by atoms with van der Waals surface area (Å²) in [5, 5.41) is 7.74. The van der Waals surface area contributed by atoms with E-state index in [0.29, 0.717) is 31.1 Å². The first-order valence-corrected chi connectivity index (χ1v) is 13.8. The van der Waals surface area contributed by atoms with E-state index in [1.807, 2.05) is 19.1 Å². The lowest BCUT2D eigenvalue weighted by molar-refractivity contribution is -0.122. The van der Waals surface area contributed by atoms with E-state index in [2.05, 4.69) is 38.2 Å². The molecule has 9 heteroatoms. The number of hydrogen-bond donors (Lipinski definition) is 1. The van der Waals surface area contributed by atoms with Crippen LogP contribution in [0.5, 0.6) is 0 Å². The number of benzene rings is 2. The number of methoxy groups -OCH3 is 1. The molecule has 1 aliphatic rings. The molecule has 2 heterocycles. The Hall–Kier alpha value is -3.17. The molecule has 0 fully saturated rings. The Morgan fingerprint density at radius 1 is 1.21 bits per heavy atom. The number of aryl methyl sites for hydroxylation is 1. The molecular formula is C29H35FN4O3S. The van der Waals surface area contributed by atoms with Gasteiger partial charge >= 0.3 is 0 Å². The highest BCUT2D eigenvalue weighted by atomic mass is 32.2. The molecule has 7 nitrogen and oxygen atoms in total. The second-order valence-corrected chi connectivity index (χ2v) is 11.6. The van der Waals surface area contributed by atoms with Crippen LogP contribution in [-0.4, -0.2) is 54.2 Å². The van der Waals surface area contributed by atoms with Crippen molar-refractivity contribution in [3.63, 3.8) is 0 Å². The van der Waals surface area contributed by atoms with Gasteiger partial charge in [0.15, 0.2) is 0 Å². The fourth-order valence-electron chi connectivity index (χ4n) is 4.58. The highest BCUT2D eigenvalue weighted by molar-refractivity contribution is 8.00. The molecule has 202 valence electrons. The first-order chi connectivity index (χ1) is 18.1.